The van der Waals surface area contributed by atoms with Crippen LogP contribution in [0.1, 0.15) is 167 Å². The molecule has 2 fully saturated rings. The lowest BCUT2D eigenvalue weighted by Crippen LogP contribution is -2.39. The van der Waals surface area contributed by atoms with Gasteiger partial charge in [-0.2, -0.15) is 0 Å². The molecule has 0 aromatic heterocycles. The minimum Gasteiger partial charge on any atom is -0.363 e. The van der Waals surface area contributed by atoms with E-state index >= 15 is 0 Å². The summed E-state index contributed by atoms with van der Waals surface area (Å²) in [5.41, 5.74) is 31.8. The van der Waals surface area contributed by atoms with Gasteiger partial charge in [0.25, 0.3) is 0 Å². The highest BCUT2D eigenvalue weighted by Crippen LogP contribution is 2.53. The number of benzene rings is 10. The second-order valence-electron chi connectivity index (χ2n) is 32.3. The van der Waals surface area contributed by atoms with E-state index in [1.165, 1.54) is 134 Å². The van der Waals surface area contributed by atoms with Crippen molar-refractivity contribution in [3.8, 4) is 0 Å². The Balaban J connectivity index is 0.925. The van der Waals surface area contributed by atoms with Crippen LogP contribution in [0.15, 0.2) is 194 Å². The lowest BCUT2D eigenvalue weighted by atomic mass is 9.74. The zero-order valence-electron chi connectivity index (χ0n) is 63.7. The average Bonchev–Trinajstić information content (AvgIpc) is 0.780. The van der Waals surface area contributed by atoms with Crippen molar-refractivity contribution >= 4 is 75.7 Å². The van der Waals surface area contributed by atoms with E-state index < -0.39 is 31.7 Å². The minimum atomic E-state index is -0.664. The first-order chi connectivity index (χ1) is 47.4. The fourth-order valence-electron chi connectivity index (χ4n) is 17.5. The summed E-state index contributed by atoms with van der Waals surface area (Å²) in [6, 6.07) is 78.1. The van der Waals surface area contributed by atoms with Gasteiger partial charge < -0.3 is 19.6 Å². The van der Waals surface area contributed by atoms with E-state index in [9.17, 15) is 0 Å². The second kappa shape index (κ2) is 28.1. The van der Waals surface area contributed by atoms with Crippen LogP contribution in [0.5, 0.6) is 0 Å². The van der Waals surface area contributed by atoms with Gasteiger partial charge in [0.2, 0.25) is 0 Å². The van der Waals surface area contributed by atoms with Crippen molar-refractivity contribution in [3.05, 3.63) is 305 Å². The highest BCUT2D eigenvalue weighted by atomic mass is 31.1. The summed E-state index contributed by atoms with van der Waals surface area (Å²) in [6.45, 7) is 47.3. The molecular formula is C92H108N4P4. The lowest BCUT2D eigenvalue weighted by molar-refractivity contribution is 0.626. The standard InChI is InChI=1S/C92H108N4P4/c1-61-45-65(5)85(66(6)46-61)97-53-93-55-98(86-67(7)47-62(2)48-68(86)8)56-94(54-97)82-39-31-78(32-40-82)90(15,16)74-23-27-76(28-24-74)92(19,20)80-35-43-84(44-36-80)96-58-99(87-69(9)49-63(3)50-70(87)10)57-95(59-100(60-96)88-71(11)51-64(4)52-72(88)12)83-41-33-79(34-42-83)91(17,18)75-25-21-73(22-26-75)89(13,14)77-29-37-81(93)38-30-77/h21-52H,53-60H2,1-20H3. The molecular weight excluding hydrogens is 1280 g/mol. The van der Waals surface area contributed by atoms with Crippen LogP contribution < -0.4 is 40.8 Å². The molecule has 0 spiro atoms. The Hall–Kier alpha value is -6.88. The molecule has 0 aliphatic carbocycles. The highest BCUT2D eigenvalue weighted by molar-refractivity contribution is 7.68. The molecule has 0 N–H and O–H groups in total. The van der Waals surface area contributed by atoms with Crippen LogP contribution in [0.25, 0.3) is 0 Å². The number of rotatable bonds is 4. The van der Waals surface area contributed by atoms with Crippen molar-refractivity contribution in [2.45, 2.75) is 160 Å². The van der Waals surface area contributed by atoms with Crippen molar-refractivity contribution < 1.29 is 0 Å². The van der Waals surface area contributed by atoms with E-state index in [2.05, 4.69) is 352 Å². The first-order valence-electron chi connectivity index (χ1n) is 36.4. The molecule has 0 unspecified atom stereocenters. The van der Waals surface area contributed by atoms with Gasteiger partial charge in [-0.3, -0.25) is 0 Å². The number of hydrogen-bond acceptors (Lipinski definition) is 4. The maximum absolute atomic E-state index is 2.81. The Labute approximate surface area is 607 Å². The van der Waals surface area contributed by atoms with E-state index in [4.69, 9.17) is 0 Å². The van der Waals surface area contributed by atoms with Crippen LogP contribution in [-0.4, -0.2) is 50.3 Å². The fraction of sp³-hybridized carbons (Fsp3) is 0.348. The van der Waals surface area contributed by atoms with Crippen LogP contribution in [0.3, 0.4) is 0 Å². The number of anilines is 4. The summed E-state index contributed by atoms with van der Waals surface area (Å²) in [6.07, 6.45) is 7.93. The van der Waals surface area contributed by atoms with Gasteiger partial charge in [-0.05, 0) is 274 Å². The highest BCUT2D eigenvalue weighted by Gasteiger charge is 2.36. The van der Waals surface area contributed by atoms with Gasteiger partial charge in [-0.15, -0.1) is 0 Å². The smallest absolute Gasteiger partial charge is 0.0438 e. The van der Waals surface area contributed by atoms with E-state index in [0.717, 1.165) is 50.3 Å². The van der Waals surface area contributed by atoms with E-state index in [-0.39, 0.29) is 21.7 Å². The van der Waals surface area contributed by atoms with E-state index in [1.54, 1.807) is 21.2 Å². The van der Waals surface area contributed by atoms with Crippen molar-refractivity contribution in [2.24, 2.45) is 0 Å². The molecule has 10 aromatic rings. The molecule has 10 aromatic carbocycles. The third-order valence-corrected chi connectivity index (χ3v) is 33.8. The summed E-state index contributed by atoms with van der Waals surface area (Å²) >= 11 is 0. The summed E-state index contributed by atoms with van der Waals surface area (Å²) in [4.78, 5) is 11.3. The van der Waals surface area contributed by atoms with Crippen LogP contribution in [0, 0.1) is 83.1 Å². The summed E-state index contributed by atoms with van der Waals surface area (Å²) < 4.78 is 0. The van der Waals surface area contributed by atoms with Gasteiger partial charge in [0.15, 0.2) is 0 Å². The molecule has 0 radical (unpaired) electrons. The Morgan fingerprint density at radius 1 is 0.200 bits per heavy atom. The first-order valence-corrected chi connectivity index (χ1v) is 43.2. The number of nitrogens with zero attached hydrogens (tertiary/aromatic N) is 4. The quantitative estimate of drug-likeness (QED) is 0.163. The van der Waals surface area contributed by atoms with Crippen molar-refractivity contribution in [2.75, 3.05) is 69.9 Å². The average molecular weight is 1390 g/mol. The van der Waals surface area contributed by atoms with Crippen LogP contribution in [0.2, 0.25) is 0 Å². The van der Waals surface area contributed by atoms with Gasteiger partial charge in [-0.1, -0.05) is 223 Å². The van der Waals surface area contributed by atoms with E-state index in [1.807, 2.05) is 0 Å². The van der Waals surface area contributed by atoms with Gasteiger partial charge in [0.1, 0.15) is 0 Å². The molecule has 22 aliphatic rings. The third kappa shape index (κ3) is 14.1. The Kier molecular flexibility index (Phi) is 20.1. The molecule has 22 heterocycles. The van der Waals surface area contributed by atoms with Gasteiger partial charge >= 0.3 is 0 Å². The molecule has 100 heavy (non-hydrogen) atoms. The van der Waals surface area contributed by atoms with Crippen LogP contribution >= 0.6 is 31.7 Å². The molecule has 4 nitrogen and oxygen atoms in total. The third-order valence-electron chi connectivity index (χ3n) is 23.0. The molecule has 516 valence electrons. The lowest BCUT2D eigenvalue weighted by Gasteiger charge is -2.43. The summed E-state index contributed by atoms with van der Waals surface area (Å²) in [7, 11) is -2.66. The van der Waals surface area contributed by atoms with Crippen molar-refractivity contribution in [3.63, 3.8) is 0 Å². The number of aryl methyl sites for hydroxylation is 12. The maximum Gasteiger partial charge on any atom is 0.0438 e. The molecule has 2 saturated heterocycles. The van der Waals surface area contributed by atoms with Crippen LogP contribution in [0.4, 0.5) is 22.7 Å². The molecule has 8 heteroatoms. The molecule has 0 saturated carbocycles. The maximum atomic E-state index is 2.81. The van der Waals surface area contributed by atoms with Gasteiger partial charge in [0, 0.05) is 94.7 Å². The predicted molar refractivity (Wildman–Crippen MR) is 445 cm³/mol. The Morgan fingerprint density at radius 3 is 0.450 bits per heavy atom. The first kappa shape index (κ1) is 71.5. The van der Waals surface area contributed by atoms with Gasteiger partial charge in [-0.25, -0.2) is 0 Å². The van der Waals surface area contributed by atoms with Crippen molar-refractivity contribution in [1.82, 2.24) is 0 Å². The Morgan fingerprint density at radius 2 is 0.320 bits per heavy atom. The zero-order chi connectivity index (χ0) is 71.1. The molecule has 0 amide bonds. The largest absolute Gasteiger partial charge is 0.363 e. The van der Waals surface area contributed by atoms with E-state index in [0.29, 0.717) is 0 Å². The predicted octanol–water partition coefficient (Wildman–Crippen LogP) is 22.5. The second-order valence-corrected chi connectivity index (χ2v) is 40.7. The molecule has 22 aliphatic heterocycles. The van der Waals surface area contributed by atoms with Gasteiger partial charge in [0.05, 0.1) is 0 Å². The Bertz CT molecular complexity index is 3930. The molecule has 16 bridgehead atoms. The molecule has 32 rings (SSSR count). The fourth-order valence-corrected chi connectivity index (χ4v) is 29.6. The zero-order valence-corrected chi connectivity index (χ0v) is 67.3. The minimum absolute atomic E-state index is 0.219. The SMILES string of the molecule is Cc1cc(C)c(P2CN3CP(c4c(C)cc(C)cc4C)CN(C2)c2ccc(cc2)C(C)(C)c2ccc(cc2)C(C)(C)c2ccc(cc2)N2CP(c4c(C)cc(C)cc4C)CN(CP(c4c(C)cc(C)cc4C)C2)c2ccc(cc2)C(C)(C)c2ccc(cc2)C(C)(C)c2ccc3cc2)c(C)c1. The summed E-state index contributed by atoms with van der Waals surface area (Å²) in [5.74, 6) is 0. The van der Waals surface area contributed by atoms with Crippen LogP contribution in [-0.2, 0) is 21.7 Å². The normalized spacial score (nSPS) is 19.7. The topological polar surface area (TPSA) is 13.0 Å². The van der Waals surface area contributed by atoms with Crippen molar-refractivity contribution in [1.29, 1.82) is 0 Å². The monoisotopic (exact) mass is 1390 g/mol. The summed E-state index contributed by atoms with van der Waals surface area (Å²) in [5, 5.41) is 6.23. The molecule has 0 atom stereocenters. The number of hydrogen-bond donors (Lipinski definition) is 0.